The van der Waals surface area contributed by atoms with Gasteiger partial charge in [-0.2, -0.15) is 0 Å². The van der Waals surface area contributed by atoms with Crippen LogP contribution in [-0.4, -0.2) is 85.8 Å². The van der Waals surface area contributed by atoms with Gasteiger partial charge in [-0.3, -0.25) is 14.3 Å². The molecule has 4 aromatic rings. The summed E-state index contributed by atoms with van der Waals surface area (Å²) < 4.78 is 1.59. The molecule has 6 rings (SSSR count). The second kappa shape index (κ2) is 12.2. The minimum absolute atomic E-state index is 0.199. The maximum Gasteiger partial charge on any atom is 0.255 e. The number of amides is 2. The van der Waals surface area contributed by atoms with Gasteiger partial charge in [-0.25, -0.2) is 9.97 Å². The van der Waals surface area contributed by atoms with E-state index in [1.807, 2.05) is 43.3 Å². The van der Waals surface area contributed by atoms with Crippen LogP contribution in [0.1, 0.15) is 41.5 Å². The lowest BCUT2D eigenvalue weighted by Crippen LogP contribution is -2.46. The molecule has 228 valence electrons. The lowest BCUT2D eigenvalue weighted by molar-refractivity contribution is -0.125. The molecule has 2 aliphatic rings. The number of carbonyl (C=O) groups is 2. The Bertz CT molecular complexity index is 1700. The Morgan fingerprint density at radius 2 is 1.80 bits per heavy atom. The predicted molar refractivity (Wildman–Crippen MR) is 169 cm³/mol. The number of aromatic nitrogens is 5. The van der Waals surface area contributed by atoms with E-state index in [0.717, 1.165) is 48.8 Å². The van der Waals surface area contributed by atoms with Gasteiger partial charge < -0.3 is 25.3 Å². The summed E-state index contributed by atoms with van der Waals surface area (Å²) in [5.74, 6) is 1.57. The highest BCUT2D eigenvalue weighted by Gasteiger charge is 2.34. The van der Waals surface area contributed by atoms with E-state index in [-0.39, 0.29) is 17.9 Å². The number of likely N-dealkylation sites (N-methyl/N-ethyl adjacent to an activating group) is 1. The first-order chi connectivity index (χ1) is 21.2. The highest BCUT2D eigenvalue weighted by Crippen LogP contribution is 2.34. The molecular formula is C31H35ClN10O2. The molecule has 2 N–H and O–H groups in total. The van der Waals surface area contributed by atoms with Gasteiger partial charge in [0.25, 0.3) is 5.91 Å². The number of halogens is 1. The number of hydrogen-bond acceptors (Lipinski definition) is 9. The van der Waals surface area contributed by atoms with E-state index in [0.29, 0.717) is 34.3 Å². The molecule has 2 aliphatic heterocycles. The van der Waals surface area contributed by atoms with Crippen molar-refractivity contribution in [3.63, 3.8) is 0 Å². The number of nitrogens with one attached hydrogen (secondary N) is 2. The van der Waals surface area contributed by atoms with Crippen LogP contribution in [0.2, 0.25) is 5.02 Å². The van der Waals surface area contributed by atoms with Crippen molar-refractivity contribution in [1.29, 1.82) is 0 Å². The Morgan fingerprint density at radius 1 is 1.00 bits per heavy atom. The SMILES string of the molecule is C[C@H](C(=O)N[C@H](C)c1cccc(N2CCN(C)CC2)n1)N1Cc2ccc(-c3cc(Nc4cn(C)nn4)ncc3Cl)cc2C1=O. The molecule has 0 aliphatic carbocycles. The quantitative estimate of drug-likeness (QED) is 0.306. The summed E-state index contributed by atoms with van der Waals surface area (Å²) in [6.07, 6.45) is 3.29. The number of hydrogen-bond donors (Lipinski definition) is 2. The molecule has 1 aromatic carbocycles. The molecule has 3 aromatic heterocycles. The fraction of sp³-hybridized carbons (Fsp3) is 0.355. The van der Waals surface area contributed by atoms with E-state index >= 15 is 0 Å². The maximum atomic E-state index is 13.6. The summed E-state index contributed by atoms with van der Waals surface area (Å²) in [5, 5.41) is 14.6. The minimum atomic E-state index is -0.672. The fourth-order valence-corrected chi connectivity index (χ4v) is 5.72. The number of anilines is 3. The molecule has 13 heteroatoms. The number of carbonyl (C=O) groups excluding carboxylic acids is 2. The molecular weight excluding hydrogens is 580 g/mol. The smallest absolute Gasteiger partial charge is 0.255 e. The van der Waals surface area contributed by atoms with Crippen molar-refractivity contribution < 1.29 is 9.59 Å². The number of piperazine rings is 1. The lowest BCUT2D eigenvalue weighted by atomic mass is 10.0. The van der Waals surface area contributed by atoms with Crippen molar-refractivity contribution in [2.75, 3.05) is 43.4 Å². The van der Waals surface area contributed by atoms with E-state index in [1.165, 1.54) is 0 Å². The Hall–Kier alpha value is -4.55. The highest BCUT2D eigenvalue weighted by molar-refractivity contribution is 6.33. The van der Waals surface area contributed by atoms with E-state index in [9.17, 15) is 9.59 Å². The van der Waals surface area contributed by atoms with Crippen LogP contribution >= 0.6 is 11.6 Å². The van der Waals surface area contributed by atoms with Crippen LogP contribution < -0.4 is 15.5 Å². The van der Waals surface area contributed by atoms with Crippen molar-refractivity contribution in [3.8, 4) is 11.1 Å². The van der Waals surface area contributed by atoms with Gasteiger partial charge in [0.15, 0.2) is 5.82 Å². The zero-order valence-corrected chi connectivity index (χ0v) is 25.9. The van der Waals surface area contributed by atoms with Gasteiger partial charge in [0, 0.05) is 57.1 Å². The maximum absolute atomic E-state index is 13.6. The Labute approximate surface area is 261 Å². The van der Waals surface area contributed by atoms with E-state index in [1.54, 1.807) is 42.0 Å². The molecule has 44 heavy (non-hydrogen) atoms. The normalized spacial score (nSPS) is 16.5. The van der Waals surface area contributed by atoms with Gasteiger partial charge in [-0.1, -0.05) is 35.0 Å². The lowest BCUT2D eigenvalue weighted by Gasteiger charge is -2.33. The zero-order chi connectivity index (χ0) is 31.0. The van der Waals surface area contributed by atoms with Gasteiger partial charge in [-0.05, 0) is 56.3 Å². The van der Waals surface area contributed by atoms with Crippen LogP contribution in [0.4, 0.5) is 17.5 Å². The van der Waals surface area contributed by atoms with Crippen LogP contribution in [0.5, 0.6) is 0 Å². The first-order valence-corrected chi connectivity index (χ1v) is 15.0. The van der Waals surface area contributed by atoms with Crippen molar-refractivity contribution in [3.05, 3.63) is 76.7 Å². The first kappa shape index (κ1) is 29.5. The van der Waals surface area contributed by atoms with Gasteiger partial charge >= 0.3 is 0 Å². The number of aryl methyl sites for hydroxylation is 1. The number of rotatable bonds is 8. The second-order valence-electron chi connectivity index (χ2n) is 11.4. The standard InChI is InChI=1S/C31H35ClN10O2/c1-19(26-6-5-7-29(35-26)41-12-10-39(3)11-13-41)34-30(43)20(2)42-17-22-9-8-21(14-24(22)31(42)44)23-15-27(33-16-25(23)32)36-28-18-40(4)38-37-28/h5-9,14-16,18-20H,10-13,17H2,1-4H3,(H,33,36)(H,34,43)/t19-,20-/m1/s1. The number of nitrogens with zero attached hydrogens (tertiary/aromatic N) is 8. The third-order valence-corrected chi connectivity index (χ3v) is 8.50. The van der Waals surface area contributed by atoms with Crippen molar-refractivity contribution in [2.24, 2.45) is 7.05 Å². The predicted octanol–water partition coefficient (Wildman–Crippen LogP) is 3.64. The molecule has 0 saturated carbocycles. The monoisotopic (exact) mass is 614 g/mol. The van der Waals surface area contributed by atoms with Crippen molar-refractivity contribution >= 4 is 40.9 Å². The average molecular weight is 615 g/mol. The highest BCUT2D eigenvalue weighted by atomic mass is 35.5. The summed E-state index contributed by atoms with van der Waals surface area (Å²) in [6, 6.07) is 12.4. The van der Waals surface area contributed by atoms with Gasteiger partial charge in [0.05, 0.1) is 23.0 Å². The number of pyridine rings is 2. The van der Waals surface area contributed by atoms with Crippen molar-refractivity contribution in [1.82, 2.24) is 40.1 Å². The van der Waals surface area contributed by atoms with Crippen LogP contribution in [0.25, 0.3) is 11.1 Å². The number of benzene rings is 1. The number of fused-ring (bicyclic) bond motifs is 1. The van der Waals surface area contributed by atoms with E-state index < -0.39 is 6.04 Å². The summed E-state index contributed by atoms with van der Waals surface area (Å²) >= 11 is 6.52. The summed E-state index contributed by atoms with van der Waals surface area (Å²) in [7, 11) is 3.90. The van der Waals surface area contributed by atoms with Crippen molar-refractivity contribution in [2.45, 2.75) is 32.5 Å². The molecule has 1 saturated heterocycles. The Morgan fingerprint density at radius 3 is 2.55 bits per heavy atom. The third-order valence-electron chi connectivity index (χ3n) is 8.20. The first-order valence-electron chi connectivity index (χ1n) is 14.6. The van der Waals surface area contributed by atoms with E-state index in [2.05, 4.69) is 42.8 Å². The van der Waals surface area contributed by atoms with E-state index in [4.69, 9.17) is 16.6 Å². The Kier molecular flexibility index (Phi) is 8.19. The van der Waals surface area contributed by atoms with Crippen LogP contribution in [0.15, 0.2) is 54.9 Å². The molecule has 0 spiro atoms. The molecule has 12 nitrogen and oxygen atoms in total. The molecule has 0 radical (unpaired) electrons. The average Bonchev–Trinajstić information content (AvgIpc) is 3.59. The summed E-state index contributed by atoms with van der Waals surface area (Å²) in [5.41, 5.74) is 3.67. The second-order valence-corrected chi connectivity index (χ2v) is 11.8. The minimum Gasteiger partial charge on any atom is -0.354 e. The van der Waals surface area contributed by atoms with Crippen LogP contribution in [-0.2, 0) is 18.4 Å². The molecule has 0 bridgehead atoms. The Balaban J connectivity index is 1.13. The molecule has 5 heterocycles. The van der Waals surface area contributed by atoms with Crippen LogP contribution in [0.3, 0.4) is 0 Å². The molecule has 1 fully saturated rings. The topological polar surface area (TPSA) is 124 Å². The molecule has 2 amide bonds. The largest absolute Gasteiger partial charge is 0.354 e. The third kappa shape index (κ3) is 6.08. The zero-order valence-electron chi connectivity index (χ0n) is 25.2. The fourth-order valence-electron chi connectivity index (χ4n) is 5.51. The summed E-state index contributed by atoms with van der Waals surface area (Å²) in [4.78, 5) is 42.3. The summed E-state index contributed by atoms with van der Waals surface area (Å²) in [6.45, 7) is 7.82. The van der Waals surface area contributed by atoms with Gasteiger partial charge in [0.2, 0.25) is 5.91 Å². The van der Waals surface area contributed by atoms with Crippen LogP contribution in [0, 0.1) is 0 Å². The molecule has 2 atom stereocenters. The molecule has 0 unspecified atom stereocenters. The van der Waals surface area contributed by atoms with Gasteiger partial charge in [0.1, 0.15) is 17.7 Å². The van der Waals surface area contributed by atoms with Gasteiger partial charge in [-0.15, -0.1) is 5.10 Å².